The number of benzene rings is 1. The zero-order valence-corrected chi connectivity index (χ0v) is 10.7. The fourth-order valence-electron chi connectivity index (χ4n) is 1.76. The standard InChI is InChI=1S/C13H13ClN2O2/c1-9-12(10-2-4-11(14)5-3-10)8-16(15-9)7-6-13(17)18/h2-5,8H,6-7H2,1H3,(H,17,18). The topological polar surface area (TPSA) is 55.1 Å². The van der Waals surface area contributed by atoms with E-state index in [1.165, 1.54) is 0 Å². The van der Waals surface area contributed by atoms with Crippen molar-refractivity contribution in [2.45, 2.75) is 19.9 Å². The van der Waals surface area contributed by atoms with Gasteiger partial charge in [-0.25, -0.2) is 0 Å². The molecule has 0 radical (unpaired) electrons. The van der Waals surface area contributed by atoms with Gasteiger partial charge < -0.3 is 5.11 Å². The monoisotopic (exact) mass is 264 g/mol. The summed E-state index contributed by atoms with van der Waals surface area (Å²) in [5, 5.41) is 13.6. The molecule has 94 valence electrons. The molecule has 1 aromatic heterocycles. The molecule has 1 heterocycles. The van der Waals surface area contributed by atoms with Crippen molar-refractivity contribution < 1.29 is 9.90 Å². The highest BCUT2D eigenvalue weighted by Gasteiger charge is 2.08. The zero-order valence-electron chi connectivity index (χ0n) is 9.93. The number of carbonyl (C=O) groups is 1. The van der Waals surface area contributed by atoms with Crippen LogP contribution in [0.15, 0.2) is 30.5 Å². The summed E-state index contributed by atoms with van der Waals surface area (Å²) in [4.78, 5) is 10.5. The van der Waals surface area contributed by atoms with E-state index in [9.17, 15) is 4.79 Å². The summed E-state index contributed by atoms with van der Waals surface area (Å²) in [5.74, 6) is -0.823. The van der Waals surface area contributed by atoms with Crippen LogP contribution in [-0.2, 0) is 11.3 Å². The lowest BCUT2D eigenvalue weighted by molar-refractivity contribution is -0.137. The van der Waals surface area contributed by atoms with E-state index in [0.717, 1.165) is 16.8 Å². The van der Waals surface area contributed by atoms with Gasteiger partial charge in [0.2, 0.25) is 0 Å². The minimum absolute atomic E-state index is 0.0706. The van der Waals surface area contributed by atoms with E-state index in [1.54, 1.807) is 4.68 Å². The van der Waals surface area contributed by atoms with Gasteiger partial charge in [-0.3, -0.25) is 9.48 Å². The Morgan fingerprint density at radius 1 is 1.39 bits per heavy atom. The Morgan fingerprint density at radius 3 is 2.67 bits per heavy atom. The van der Waals surface area contributed by atoms with Crippen LogP contribution >= 0.6 is 11.6 Å². The lowest BCUT2D eigenvalue weighted by Gasteiger charge is -1.98. The minimum atomic E-state index is -0.823. The Labute approximate surface area is 110 Å². The fourth-order valence-corrected chi connectivity index (χ4v) is 1.88. The second-order valence-electron chi connectivity index (χ2n) is 4.04. The summed E-state index contributed by atoms with van der Waals surface area (Å²) in [6, 6.07) is 7.50. The highest BCUT2D eigenvalue weighted by Crippen LogP contribution is 2.24. The lowest BCUT2D eigenvalue weighted by atomic mass is 10.1. The van der Waals surface area contributed by atoms with Gasteiger partial charge in [0, 0.05) is 16.8 Å². The van der Waals surface area contributed by atoms with Crippen LogP contribution < -0.4 is 0 Å². The summed E-state index contributed by atoms with van der Waals surface area (Å²) in [7, 11) is 0. The molecule has 0 bridgehead atoms. The number of carboxylic acid groups (broad SMARTS) is 1. The van der Waals surface area contributed by atoms with Gasteiger partial charge in [0.05, 0.1) is 18.7 Å². The van der Waals surface area contributed by atoms with Crippen LogP contribution in [0.3, 0.4) is 0 Å². The molecule has 1 aromatic carbocycles. The molecule has 1 N–H and O–H groups in total. The van der Waals surface area contributed by atoms with Gasteiger partial charge in [0.1, 0.15) is 0 Å². The summed E-state index contributed by atoms with van der Waals surface area (Å²) >= 11 is 5.84. The number of nitrogens with zero attached hydrogens (tertiary/aromatic N) is 2. The number of aromatic nitrogens is 2. The van der Waals surface area contributed by atoms with Crippen molar-refractivity contribution in [3.05, 3.63) is 41.2 Å². The van der Waals surface area contributed by atoms with E-state index in [-0.39, 0.29) is 6.42 Å². The third-order valence-corrected chi connectivity index (χ3v) is 2.91. The smallest absolute Gasteiger partial charge is 0.305 e. The molecule has 4 nitrogen and oxygen atoms in total. The van der Waals surface area contributed by atoms with Gasteiger partial charge in [-0.15, -0.1) is 0 Å². The van der Waals surface area contributed by atoms with Crippen LogP contribution in [0.4, 0.5) is 0 Å². The van der Waals surface area contributed by atoms with Gasteiger partial charge in [-0.1, -0.05) is 23.7 Å². The molecular weight excluding hydrogens is 252 g/mol. The third-order valence-electron chi connectivity index (χ3n) is 2.66. The average molecular weight is 265 g/mol. The molecule has 0 aliphatic heterocycles. The Morgan fingerprint density at radius 2 is 2.06 bits per heavy atom. The molecular formula is C13H13ClN2O2. The third kappa shape index (κ3) is 2.90. The van der Waals surface area contributed by atoms with Crippen molar-refractivity contribution >= 4 is 17.6 Å². The Hall–Kier alpha value is -1.81. The summed E-state index contributed by atoms with van der Waals surface area (Å²) in [6.07, 6.45) is 1.93. The van der Waals surface area contributed by atoms with Crippen LogP contribution in [0.2, 0.25) is 5.02 Å². The molecule has 18 heavy (non-hydrogen) atoms. The van der Waals surface area contributed by atoms with E-state index in [1.807, 2.05) is 37.4 Å². The number of aliphatic carboxylic acids is 1. The molecule has 0 amide bonds. The van der Waals surface area contributed by atoms with Crippen molar-refractivity contribution in [1.82, 2.24) is 9.78 Å². The summed E-state index contributed by atoms with van der Waals surface area (Å²) in [5.41, 5.74) is 2.90. The van der Waals surface area contributed by atoms with E-state index in [4.69, 9.17) is 16.7 Å². The van der Waals surface area contributed by atoms with Crippen LogP contribution in [0.1, 0.15) is 12.1 Å². The molecule has 0 saturated heterocycles. The molecule has 2 rings (SSSR count). The van der Waals surface area contributed by atoms with Crippen molar-refractivity contribution in [2.75, 3.05) is 0 Å². The van der Waals surface area contributed by atoms with Gasteiger partial charge in [-0.2, -0.15) is 5.10 Å². The first-order valence-corrected chi connectivity index (χ1v) is 5.96. The lowest BCUT2D eigenvalue weighted by Crippen LogP contribution is -2.04. The maximum absolute atomic E-state index is 10.5. The number of rotatable bonds is 4. The molecule has 0 aliphatic rings. The maximum atomic E-state index is 10.5. The summed E-state index contributed by atoms with van der Waals surface area (Å²) < 4.78 is 1.66. The van der Waals surface area contributed by atoms with Gasteiger partial charge in [0.15, 0.2) is 0 Å². The maximum Gasteiger partial charge on any atom is 0.305 e. The number of hydrogen-bond donors (Lipinski definition) is 1. The summed E-state index contributed by atoms with van der Waals surface area (Å²) in [6.45, 7) is 2.28. The Kier molecular flexibility index (Phi) is 3.67. The van der Waals surface area contributed by atoms with Crippen LogP contribution in [0.25, 0.3) is 11.1 Å². The predicted octanol–water partition coefficient (Wildman–Crippen LogP) is 2.99. The van der Waals surface area contributed by atoms with E-state index >= 15 is 0 Å². The number of hydrogen-bond acceptors (Lipinski definition) is 2. The predicted molar refractivity (Wildman–Crippen MR) is 69.7 cm³/mol. The largest absolute Gasteiger partial charge is 0.481 e. The number of carboxylic acids is 1. The van der Waals surface area contributed by atoms with Crippen molar-refractivity contribution in [3.63, 3.8) is 0 Å². The average Bonchev–Trinajstić information content (AvgIpc) is 2.69. The van der Waals surface area contributed by atoms with Crippen molar-refractivity contribution in [3.8, 4) is 11.1 Å². The first-order chi connectivity index (χ1) is 8.56. The van der Waals surface area contributed by atoms with Crippen LogP contribution in [0.5, 0.6) is 0 Å². The molecule has 2 aromatic rings. The van der Waals surface area contributed by atoms with Gasteiger partial charge >= 0.3 is 5.97 Å². The molecule has 0 fully saturated rings. The van der Waals surface area contributed by atoms with Gasteiger partial charge in [0.25, 0.3) is 0 Å². The van der Waals surface area contributed by atoms with Crippen molar-refractivity contribution in [2.24, 2.45) is 0 Å². The van der Waals surface area contributed by atoms with Crippen molar-refractivity contribution in [1.29, 1.82) is 0 Å². The van der Waals surface area contributed by atoms with Gasteiger partial charge in [-0.05, 0) is 24.6 Å². The van der Waals surface area contributed by atoms with Crippen LogP contribution in [0, 0.1) is 6.92 Å². The van der Waals surface area contributed by atoms with E-state index in [0.29, 0.717) is 11.6 Å². The Bertz CT molecular complexity index is 561. The SMILES string of the molecule is Cc1nn(CCC(=O)O)cc1-c1ccc(Cl)cc1. The highest BCUT2D eigenvalue weighted by molar-refractivity contribution is 6.30. The molecule has 0 spiro atoms. The molecule has 5 heteroatoms. The second-order valence-corrected chi connectivity index (χ2v) is 4.48. The minimum Gasteiger partial charge on any atom is -0.481 e. The highest BCUT2D eigenvalue weighted by atomic mass is 35.5. The number of aryl methyl sites for hydroxylation is 2. The number of halogens is 1. The normalized spacial score (nSPS) is 10.6. The fraction of sp³-hybridized carbons (Fsp3) is 0.231. The molecule has 0 aliphatic carbocycles. The Balaban J connectivity index is 2.23. The first-order valence-electron chi connectivity index (χ1n) is 5.58. The molecule has 0 unspecified atom stereocenters. The van der Waals surface area contributed by atoms with Crippen LogP contribution in [-0.4, -0.2) is 20.9 Å². The van der Waals surface area contributed by atoms with E-state index < -0.39 is 5.97 Å². The zero-order chi connectivity index (χ0) is 13.1. The quantitative estimate of drug-likeness (QED) is 0.924. The van der Waals surface area contributed by atoms with E-state index in [2.05, 4.69) is 5.10 Å². The second kappa shape index (κ2) is 5.23. The molecule has 0 atom stereocenters. The molecule has 0 saturated carbocycles. The first kappa shape index (κ1) is 12.6.